The number of hydrogen-bond donors (Lipinski definition) is 1. The lowest BCUT2D eigenvalue weighted by molar-refractivity contribution is 0.248. The molecule has 0 amide bonds. The van der Waals surface area contributed by atoms with Crippen molar-refractivity contribution in [3.05, 3.63) is 29.8 Å². The van der Waals surface area contributed by atoms with E-state index in [-0.39, 0.29) is 5.41 Å². The summed E-state index contributed by atoms with van der Waals surface area (Å²) in [5.74, 6) is 0. The van der Waals surface area contributed by atoms with Crippen molar-refractivity contribution in [2.75, 3.05) is 12.8 Å². The average Bonchev–Trinajstić information content (AvgIpc) is 2.16. The first kappa shape index (κ1) is 11.6. The van der Waals surface area contributed by atoms with Crippen LogP contribution < -0.4 is 5.73 Å². The number of benzene rings is 1. The summed E-state index contributed by atoms with van der Waals surface area (Å²) in [6.07, 6.45) is 4.38. The van der Waals surface area contributed by atoms with Crippen LogP contribution in [0.2, 0.25) is 0 Å². The second kappa shape index (κ2) is 3.86. The van der Waals surface area contributed by atoms with Gasteiger partial charge in [-0.25, -0.2) is 8.42 Å². The van der Waals surface area contributed by atoms with E-state index in [1.54, 1.807) is 12.1 Å². The normalized spacial score (nSPS) is 19.1. The first-order valence-electron chi connectivity index (χ1n) is 5.49. The Kier molecular flexibility index (Phi) is 2.80. The van der Waals surface area contributed by atoms with E-state index in [0.717, 1.165) is 24.8 Å². The molecule has 1 aliphatic rings. The lowest BCUT2D eigenvalue weighted by Gasteiger charge is -2.42. The van der Waals surface area contributed by atoms with Crippen molar-refractivity contribution < 1.29 is 8.42 Å². The lowest BCUT2D eigenvalue weighted by Crippen LogP contribution is -2.42. The van der Waals surface area contributed by atoms with E-state index in [9.17, 15) is 8.42 Å². The summed E-state index contributed by atoms with van der Waals surface area (Å²) in [5.41, 5.74) is 6.63. The molecule has 3 nitrogen and oxygen atoms in total. The van der Waals surface area contributed by atoms with Gasteiger partial charge in [0.15, 0.2) is 9.84 Å². The zero-order chi connectivity index (χ0) is 11.8. The standard InChI is InChI=1S/C12H17NO2S/c1-16(14,15)11-6-3-2-5-10(11)12(9-13)7-4-8-12/h2-3,5-6H,4,7-9,13H2,1H3. The van der Waals surface area contributed by atoms with Crippen LogP contribution in [0.4, 0.5) is 0 Å². The Hall–Kier alpha value is -0.870. The first-order valence-corrected chi connectivity index (χ1v) is 7.38. The van der Waals surface area contributed by atoms with Crippen molar-refractivity contribution in [3.8, 4) is 0 Å². The molecule has 0 unspecified atom stereocenters. The molecule has 1 aromatic rings. The highest BCUT2D eigenvalue weighted by Crippen LogP contribution is 2.44. The van der Waals surface area contributed by atoms with E-state index >= 15 is 0 Å². The van der Waals surface area contributed by atoms with Gasteiger partial charge < -0.3 is 5.73 Å². The van der Waals surface area contributed by atoms with Crippen molar-refractivity contribution in [1.29, 1.82) is 0 Å². The van der Waals surface area contributed by atoms with Gasteiger partial charge in [-0.1, -0.05) is 24.6 Å². The summed E-state index contributed by atoms with van der Waals surface area (Å²) in [4.78, 5) is 0.445. The molecule has 2 rings (SSSR count). The predicted octanol–water partition coefficient (Wildman–Crippen LogP) is 1.47. The minimum Gasteiger partial charge on any atom is -0.330 e. The van der Waals surface area contributed by atoms with Crippen molar-refractivity contribution in [2.45, 2.75) is 29.6 Å². The molecule has 0 aliphatic heterocycles. The molecule has 16 heavy (non-hydrogen) atoms. The van der Waals surface area contributed by atoms with E-state index < -0.39 is 9.84 Å². The molecule has 1 aliphatic carbocycles. The molecular formula is C12H17NO2S. The Balaban J connectivity index is 2.57. The second-order valence-corrected chi connectivity index (χ2v) is 6.59. The maximum absolute atomic E-state index is 11.7. The topological polar surface area (TPSA) is 60.2 Å². The van der Waals surface area contributed by atoms with Crippen molar-refractivity contribution in [3.63, 3.8) is 0 Å². The summed E-state index contributed by atoms with van der Waals surface area (Å²) < 4.78 is 23.4. The molecule has 0 spiro atoms. The molecule has 2 N–H and O–H groups in total. The lowest BCUT2D eigenvalue weighted by atomic mass is 9.64. The molecule has 0 saturated heterocycles. The number of rotatable bonds is 3. The van der Waals surface area contributed by atoms with Gasteiger partial charge in [-0.3, -0.25) is 0 Å². The van der Waals surface area contributed by atoms with Crippen LogP contribution in [-0.2, 0) is 15.3 Å². The van der Waals surface area contributed by atoms with Crippen LogP contribution in [0, 0.1) is 0 Å². The molecule has 0 heterocycles. The molecule has 4 heteroatoms. The maximum atomic E-state index is 11.7. The van der Waals surface area contributed by atoms with Gasteiger partial charge in [0, 0.05) is 18.2 Å². The van der Waals surface area contributed by atoms with Gasteiger partial charge in [0.05, 0.1) is 4.90 Å². The van der Waals surface area contributed by atoms with E-state index in [0.29, 0.717) is 11.4 Å². The summed E-state index contributed by atoms with van der Waals surface area (Å²) in [7, 11) is -3.16. The van der Waals surface area contributed by atoms with Crippen LogP contribution in [0.15, 0.2) is 29.2 Å². The molecule has 0 atom stereocenters. The fourth-order valence-corrected chi connectivity index (χ4v) is 3.42. The van der Waals surface area contributed by atoms with Crippen LogP contribution in [0.25, 0.3) is 0 Å². The van der Waals surface area contributed by atoms with E-state index in [1.165, 1.54) is 6.26 Å². The summed E-state index contributed by atoms with van der Waals surface area (Å²) in [6, 6.07) is 7.24. The molecule has 0 bridgehead atoms. The van der Waals surface area contributed by atoms with Gasteiger partial charge in [0.25, 0.3) is 0 Å². The fraction of sp³-hybridized carbons (Fsp3) is 0.500. The fourth-order valence-electron chi connectivity index (χ4n) is 2.42. The number of sulfone groups is 1. The minimum atomic E-state index is -3.16. The zero-order valence-corrected chi connectivity index (χ0v) is 10.3. The third-order valence-electron chi connectivity index (χ3n) is 3.56. The maximum Gasteiger partial charge on any atom is 0.175 e. The zero-order valence-electron chi connectivity index (χ0n) is 9.44. The highest BCUT2D eigenvalue weighted by atomic mass is 32.2. The largest absolute Gasteiger partial charge is 0.330 e. The quantitative estimate of drug-likeness (QED) is 0.869. The van der Waals surface area contributed by atoms with Gasteiger partial charge in [-0.05, 0) is 24.5 Å². The second-order valence-electron chi connectivity index (χ2n) is 4.61. The summed E-state index contributed by atoms with van der Waals surface area (Å²) >= 11 is 0. The van der Waals surface area contributed by atoms with Crippen LogP contribution in [0.5, 0.6) is 0 Å². The van der Waals surface area contributed by atoms with Crippen LogP contribution in [0.3, 0.4) is 0 Å². The first-order chi connectivity index (χ1) is 7.49. The molecule has 1 fully saturated rings. The molecule has 1 saturated carbocycles. The molecule has 1 aromatic carbocycles. The third kappa shape index (κ3) is 1.76. The molecule has 0 aromatic heterocycles. The Morgan fingerprint density at radius 3 is 2.38 bits per heavy atom. The van der Waals surface area contributed by atoms with Crippen LogP contribution in [-0.4, -0.2) is 21.2 Å². The van der Waals surface area contributed by atoms with Crippen LogP contribution in [0.1, 0.15) is 24.8 Å². The average molecular weight is 239 g/mol. The molecular weight excluding hydrogens is 222 g/mol. The van der Waals surface area contributed by atoms with E-state index in [2.05, 4.69) is 0 Å². The van der Waals surface area contributed by atoms with Gasteiger partial charge in [-0.2, -0.15) is 0 Å². The smallest absolute Gasteiger partial charge is 0.175 e. The van der Waals surface area contributed by atoms with E-state index in [1.807, 2.05) is 12.1 Å². The predicted molar refractivity (Wildman–Crippen MR) is 64.1 cm³/mol. The highest BCUT2D eigenvalue weighted by Gasteiger charge is 2.39. The third-order valence-corrected chi connectivity index (χ3v) is 4.71. The van der Waals surface area contributed by atoms with Gasteiger partial charge >= 0.3 is 0 Å². The minimum absolute atomic E-state index is 0.0975. The molecule has 88 valence electrons. The van der Waals surface area contributed by atoms with Crippen molar-refractivity contribution in [2.24, 2.45) is 5.73 Å². The summed E-state index contributed by atoms with van der Waals surface area (Å²) in [5, 5.41) is 0. The Morgan fingerprint density at radius 2 is 1.94 bits per heavy atom. The number of hydrogen-bond acceptors (Lipinski definition) is 3. The van der Waals surface area contributed by atoms with E-state index in [4.69, 9.17) is 5.73 Å². The summed E-state index contributed by atoms with van der Waals surface area (Å²) in [6.45, 7) is 0.527. The Bertz CT molecular complexity index is 484. The van der Waals surface area contributed by atoms with Crippen LogP contribution >= 0.6 is 0 Å². The number of nitrogens with two attached hydrogens (primary N) is 1. The van der Waals surface area contributed by atoms with Gasteiger partial charge in [-0.15, -0.1) is 0 Å². The molecule has 0 radical (unpaired) electrons. The van der Waals surface area contributed by atoms with Crippen molar-refractivity contribution >= 4 is 9.84 Å². The Morgan fingerprint density at radius 1 is 1.31 bits per heavy atom. The van der Waals surface area contributed by atoms with Gasteiger partial charge in [0.1, 0.15) is 0 Å². The van der Waals surface area contributed by atoms with Crippen molar-refractivity contribution in [1.82, 2.24) is 0 Å². The highest BCUT2D eigenvalue weighted by molar-refractivity contribution is 7.90. The van der Waals surface area contributed by atoms with Gasteiger partial charge in [0.2, 0.25) is 0 Å². The SMILES string of the molecule is CS(=O)(=O)c1ccccc1C1(CN)CCC1. The monoisotopic (exact) mass is 239 g/mol. The Labute approximate surface area is 96.6 Å².